The number of anilines is 2. The van der Waals surface area contributed by atoms with Crippen molar-refractivity contribution in [3.8, 4) is 0 Å². The Morgan fingerprint density at radius 1 is 1.26 bits per heavy atom. The van der Waals surface area contributed by atoms with Crippen molar-refractivity contribution < 1.29 is 18.7 Å². The van der Waals surface area contributed by atoms with Crippen LogP contribution in [0.15, 0.2) is 53.3 Å². The van der Waals surface area contributed by atoms with E-state index in [1.165, 1.54) is 12.1 Å². The molecule has 1 unspecified atom stereocenters. The van der Waals surface area contributed by atoms with E-state index in [0.29, 0.717) is 50.4 Å². The van der Waals surface area contributed by atoms with Crippen molar-refractivity contribution in [2.45, 2.75) is 37.6 Å². The summed E-state index contributed by atoms with van der Waals surface area (Å²) in [6, 6.07) is 8.37. The molecule has 0 radical (unpaired) electrons. The fourth-order valence-electron chi connectivity index (χ4n) is 5.71. The molecular weight excluding hydrogens is 448 g/mol. The van der Waals surface area contributed by atoms with E-state index in [1.54, 1.807) is 17.2 Å². The van der Waals surface area contributed by atoms with Gasteiger partial charge in [-0.15, -0.1) is 0 Å². The summed E-state index contributed by atoms with van der Waals surface area (Å²) in [5.41, 5.74) is 2.23. The van der Waals surface area contributed by atoms with Gasteiger partial charge in [0.05, 0.1) is 0 Å². The van der Waals surface area contributed by atoms with E-state index in [2.05, 4.69) is 27.0 Å². The number of carbonyl (C=O) groups excluding carboxylic acids is 2. The highest BCUT2D eigenvalue weighted by atomic mass is 19.1. The van der Waals surface area contributed by atoms with Crippen molar-refractivity contribution in [2.24, 2.45) is 4.99 Å². The van der Waals surface area contributed by atoms with E-state index >= 15 is 0 Å². The second kappa shape index (κ2) is 8.30. The lowest BCUT2D eigenvalue weighted by Gasteiger charge is -2.46. The minimum absolute atomic E-state index is 0.00452. The number of carbonyl (C=O) groups is 2. The van der Waals surface area contributed by atoms with Gasteiger partial charge < -0.3 is 14.5 Å². The van der Waals surface area contributed by atoms with E-state index in [-0.39, 0.29) is 24.4 Å². The van der Waals surface area contributed by atoms with Gasteiger partial charge in [-0.05, 0) is 54.5 Å². The first-order valence-electron chi connectivity index (χ1n) is 12.0. The third kappa shape index (κ3) is 3.72. The number of nitrogens with zero attached hydrogens (tertiary/aromatic N) is 4. The molecule has 178 valence electrons. The number of piperidine rings is 1. The Hall–Kier alpha value is -3.53. The van der Waals surface area contributed by atoms with Crippen molar-refractivity contribution in [1.29, 1.82) is 0 Å². The van der Waals surface area contributed by atoms with Gasteiger partial charge in [0.25, 0.3) is 5.91 Å². The molecule has 1 atom stereocenters. The number of hydrogen-bond donors (Lipinski definition) is 1. The number of amides is 2. The molecule has 1 aromatic carbocycles. The fraction of sp³-hybridized carbons (Fsp3) is 0.360. The van der Waals surface area contributed by atoms with Gasteiger partial charge in [-0.25, -0.2) is 14.2 Å². The Balaban J connectivity index is 1.21. The monoisotopic (exact) mass is 473 g/mol. The number of aromatic nitrogens is 1. The molecule has 1 N–H and O–H groups in total. The highest BCUT2D eigenvalue weighted by Gasteiger charge is 2.46. The lowest BCUT2D eigenvalue weighted by atomic mass is 9.45. The smallest absolute Gasteiger partial charge is 0.413 e. The molecule has 1 fully saturated rings. The molecular formula is C25H25BFN5O3. The Morgan fingerprint density at radius 2 is 2.09 bits per heavy atom. The van der Waals surface area contributed by atoms with E-state index in [9.17, 15) is 14.0 Å². The molecule has 2 amide bonds. The van der Waals surface area contributed by atoms with Crippen LogP contribution in [0.3, 0.4) is 0 Å². The van der Waals surface area contributed by atoms with Crippen molar-refractivity contribution in [3.63, 3.8) is 0 Å². The summed E-state index contributed by atoms with van der Waals surface area (Å²) in [6.45, 7) is 4.14. The van der Waals surface area contributed by atoms with Gasteiger partial charge in [-0.2, -0.15) is 0 Å². The Bertz CT molecular complexity index is 1270. The number of hydrogen-bond acceptors (Lipinski definition) is 6. The molecule has 1 spiro atoms. The highest BCUT2D eigenvalue weighted by molar-refractivity contribution is 6.86. The predicted molar refractivity (Wildman–Crippen MR) is 131 cm³/mol. The number of rotatable bonds is 2. The summed E-state index contributed by atoms with van der Waals surface area (Å²) in [5, 5.41) is 2.69. The summed E-state index contributed by atoms with van der Waals surface area (Å²) < 4.78 is 19.4. The Morgan fingerprint density at radius 3 is 2.91 bits per heavy atom. The van der Waals surface area contributed by atoms with Gasteiger partial charge in [0.15, 0.2) is 0 Å². The average molecular weight is 473 g/mol. The maximum Gasteiger partial charge on any atom is 0.413 e. The van der Waals surface area contributed by atoms with Crippen LogP contribution in [0.5, 0.6) is 0 Å². The van der Waals surface area contributed by atoms with E-state index < -0.39 is 11.7 Å². The first kappa shape index (κ1) is 22.0. The van der Waals surface area contributed by atoms with Crippen LogP contribution >= 0.6 is 0 Å². The van der Waals surface area contributed by atoms with Crippen LogP contribution in [0.1, 0.15) is 24.0 Å². The first-order chi connectivity index (χ1) is 16.9. The van der Waals surface area contributed by atoms with Gasteiger partial charge in [0, 0.05) is 55.9 Å². The quantitative estimate of drug-likeness (QED) is 0.678. The van der Waals surface area contributed by atoms with Crippen molar-refractivity contribution in [2.75, 3.05) is 29.9 Å². The lowest BCUT2D eigenvalue weighted by Crippen LogP contribution is -2.54. The molecule has 2 aromatic rings. The van der Waals surface area contributed by atoms with Crippen LogP contribution in [-0.4, -0.2) is 60.3 Å². The standard InChI is InChI=1S/C25H25BFN5O3/c1-26-15-29-19(23(33)32-10-6-16-13-17(27)4-5-20(16)32)14-21(26)31-11-7-25(8-12-31)18-3-2-9-28-22(18)30-24(34)35-25/h2-5,9,13-15,21H,6-8,10-12H2,1H3,(H,28,30,34). The third-order valence-corrected chi connectivity index (χ3v) is 7.55. The highest BCUT2D eigenvalue weighted by Crippen LogP contribution is 2.43. The number of ether oxygens (including phenoxy) is 1. The number of pyridine rings is 1. The zero-order chi connectivity index (χ0) is 24.2. The Labute approximate surface area is 202 Å². The topological polar surface area (TPSA) is 87.1 Å². The normalized spacial score (nSPS) is 22.9. The molecule has 4 aliphatic heterocycles. The number of likely N-dealkylation sites (tertiary alicyclic amines) is 1. The van der Waals surface area contributed by atoms with Crippen LogP contribution in [0, 0.1) is 5.82 Å². The third-order valence-electron chi connectivity index (χ3n) is 7.55. The largest absolute Gasteiger partial charge is 0.438 e. The summed E-state index contributed by atoms with van der Waals surface area (Å²) in [5.74, 6) is 0.116. The average Bonchev–Trinajstić information content (AvgIpc) is 3.27. The number of halogens is 1. The Kier molecular flexibility index (Phi) is 5.21. The van der Waals surface area contributed by atoms with Gasteiger partial charge in [0.1, 0.15) is 22.9 Å². The molecule has 5 heterocycles. The van der Waals surface area contributed by atoms with Crippen LogP contribution in [0.25, 0.3) is 0 Å². The number of fused-ring (bicyclic) bond motifs is 3. The van der Waals surface area contributed by atoms with Gasteiger partial charge in [0.2, 0.25) is 6.71 Å². The summed E-state index contributed by atoms with van der Waals surface area (Å²) >= 11 is 0. The molecule has 4 aliphatic rings. The van der Waals surface area contributed by atoms with Gasteiger partial charge in [-0.3, -0.25) is 15.1 Å². The zero-order valence-electron chi connectivity index (χ0n) is 19.4. The maximum absolute atomic E-state index is 13.6. The molecule has 6 rings (SSSR count). The summed E-state index contributed by atoms with van der Waals surface area (Å²) in [6.07, 6.45) is 6.90. The lowest BCUT2D eigenvalue weighted by molar-refractivity contribution is -0.115. The van der Waals surface area contributed by atoms with Crippen LogP contribution in [-0.2, 0) is 21.6 Å². The molecule has 10 heteroatoms. The van der Waals surface area contributed by atoms with Crippen LogP contribution < -0.4 is 10.2 Å². The predicted octanol–water partition coefficient (Wildman–Crippen LogP) is 3.20. The molecule has 8 nitrogen and oxygen atoms in total. The second-order valence-electron chi connectivity index (χ2n) is 9.60. The molecule has 35 heavy (non-hydrogen) atoms. The van der Waals surface area contributed by atoms with Crippen molar-refractivity contribution >= 4 is 36.3 Å². The van der Waals surface area contributed by atoms with Crippen molar-refractivity contribution in [3.05, 3.63) is 65.2 Å². The molecule has 0 aliphatic carbocycles. The first-order valence-corrected chi connectivity index (χ1v) is 12.0. The SMILES string of the molecule is CB1C=NC(C(=O)N2CCc3cc(F)ccc32)=CC1N1CCC2(CC1)OC(=O)Nc1ncccc12. The molecule has 0 bridgehead atoms. The maximum atomic E-state index is 13.6. The molecule has 0 saturated carbocycles. The van der Waals surface area contributed by atoms with Gasteiger partial charge >= 0.3 is 6.09 Å². The second-order valence-corrected chi connectivity index (χ2v) is 9.60. The number of aliphatic imine (C=N–C) groups is 1. The zero-order valence-corrected chi connectivity index (χ0v) is 19.4. The molecule has 1 saturated heterocycles. The van der Waals surface area contributed by atoms with E-state index in [1.807, 2.05) is 24.3 Å². The van der Waals surface area contributed by atoms with Crippen LogP contribution in [0.4, 0.5) is 20.7 Å². The number of benzene rings is 1. The summed E-state index contributed by atoms with van der Waals surface area (Å²) in [7, 11) is 0. The van der Waals surface area contributed by atoms with Crippen molar-refractivity contribution in [1.82, 2.24) is 9.88 Å². The number of nitrogens with one attached hydrogen (secondary N) is 1. The van der Waals surface area contributed by atoms with E-state index in [4.69, 9.17) is 4.74 Å². The minimum atomic E-state index is -0.689. The molecule has 1 aromatic heterocycles. The minimum Gasteiger partial charge on any atom is -0.438 e. The van der Waals surface area contributed by atoms with Crippen LogP contribution in [0.2, 0.25) is 6.82 Å². The fourth-order valence-corrected chi connectivity index (χ4v) is 5.71. The van der Waals surface area contributed by atoms with Gasteiger partial charge in [-0.1, -0.05) is 6.82 Å². The summed E-state index contributed by atoms with van der Waals surface area (Å²) in [4.78, 5) is 38.4. The van der Waals surface area contributed by atoms with E-state index in [0.717, 1.165) is 16.8 Å².